The quantitative estimate of drug-likeness (QED) is 0.0472. The summed E-state index contributed by atoms with van der Waals surface area (Å²) < 4.78 is 45.6. The number of halogens is 1. The van der Waals surface area contributed by atoms with Gasteiger partial charge in [-0.25, -0.2) is 9.59 Å². The molecule has 21 nitrogen and oxygen atoms in total. The van der Waals surface area contributed by atoms with Crippen molar-refractivity contribution in [2.45, 2.75) is 121 Å². The van der Waals surface area contributed by atoms with Crippen molar-refractivity contribution >= 4 is 70.6 Å². The monoisotopic (exact) mass is 1090 g/mol. The molecule has 75 heavy (non-hydrogen) atoms. The van der Waals surface area contributed by atoms with Crippen LogP contribution in [0.2, 0.25) is 5.02 Å². The van der Waals surface area contributed by atoms with Gasteiger partial charge in [0, 0.05) is 70.5 Å². The highest BCUT2D eigenvalue weighted by atomic mass is 35.5. The molecule has 0 saturated carbocycles. The van der Waals surface area contributed by atoms with Gasteiger partial charge in [-0.1, -0.05) is 55.3 Å². The lowest BCUT2D eigenvalue weighted by atomic mass is 9.82. The first-order valence-corrected chi connectivity index (χ1v) is 26.9. The average Bonchev–Trinajstić information content (AvgIpc) is 3.99. The number of allylic oxidation sites excluding steroid dienone is 3. The third-order valence-corrected chi connectivity index (χ3v) is 15.3. The minimum atomic E-state index is -1.64. The van der Waals surface area contributed by atoms with Gasteiger partial charge < -0.3 is 58.5 Å². The number of esters is 1. The number of rotatable bonds is 25. The maximum Gasteiger partial charge on any atom is 0.409 e. The Morgan fingerprint density at radius 2 is 1.60 bits per heavy atom. The number of imide groups is 1. The molecule has 9 atom stereocenters. The number of benzene rings is 1. The molecule has 1 unspecified atom stereocenters. The molecule has 0 spiro atoms. The van der Waals surface area contributed by atoms with Gasteiger partial charge in [0.05, 0.1) is 87.9 Å². The molecule has 5 rings (SSSR count). The highest BCUT2D eigenvalue weighted by Gasteiger charge is 2.64. The fraction of sp³-hybridized carbons (Fsp3) is 0.673. The number of fused-ring (bicyclic) bond motifs is 5. The van der Waals surface area contributed by atoms with Gasteiger partial charge in [0.1, 0.15) is 23.5 Å². The molecule has 418 valence electrons. The van der Waals surface area contributed by atoms with E-state index in [1.165, 1.54) is 23.6 Å². The Hall–Kier alpha value is -4.65. The Morgan fingerprint density at radius 1 is 0.933 bits per heavy atom. The normalized spacial score (nSPS) is 27.6. The zero-order valence-corrected chi connectivity index (χ0v) is 46.0. The van der Waals surface area contributed by atoms with Crippen molar-refractivity contribution < 1.29 is 76.6 Å². The van der Waals surface area contributed by atoms with E-state index in [0.29, 0.717) is 69.8 Å². The number of ether oxygens (including phenoxy) is 8. The lowest BCUT2D eigenvalue weighted by molar-refractivity contribution is -0.165. The molecule has 0 aliphatic carbocycles. The zero-order valence-electron chi connectivity index (χ0n) is 44.4. The van der Waals surface area contributed by atoms with E-state index in [2.05, 4.69) is 16.0 Å². The first-order valence-electron chi connectivity index (χ1n) is 25.5. The second kappa shape index (κ2) is 29.2. The number of epoxide rings is 1. The van der Waals surface area contributed by atoms with Gasteiger partial charge in [-0.2, -0.15) is 0 Å². The molecule has 4 aliphatic heterocycles. The molecular formula is C52H76ClN5O16S. The summed E-state index contributed by atoms with van der Waals surface area (Å²) in [4.78, 5) is 93.1. The van der Waals surface area contributed by atoms with Crippen LogP contribution in [0.25, 0.3) is 0 Å². The van der Waals surface area contributed by atoms with Gasteiger partial charge in [0.2, 0.25) is 29.5 Å². The Morgan fingerprint density at radius 3 is 2.28 bits per heavy atom. The first kappa shape index (κ1) is 61.2. The lowest BCUT2D eigenvalue weighted by Gasteiger charge is -2.41. The van der Waals surface area contributed by atoms with Gasteiger partial charge in [0.25, 0.3) is 0 Å². The molecule has 1 aromatic rings. The molecule has 0 radical (unpaired) electrons. The van der Waals surface area contributed by atoms with Gasteiger partial charge in [-0.3, -0.25) is 34.2 Å². The zero-order chi connectivity index (χ0) is 54.9. The summed E-state index contributed by atoms with van der Waals surface area (Å²) in [5.74, 6) is -3.16. The number of carbonyl (C=O) groups excluding carboxylic acids is 7. The largest absolute Gasteiger partial charge is 0.457 e. The van der Waals surface area contributed by atoms with Crippen LogP contribution in [0.15, 0.2) is 35.9 Å². The van der Waals surface area contributed by atoms with E-state index in [9.17, 15) is 38.7 Å². The van der Waals surface area contributed by atoms with Crippen LogP contribution in [0.3, 0.4) is 0 Å². The summed E-state index contributed by atoms with van der Waals surface area (Å²) in [7, 11) is 3.18. The van der Waals surface area contributed by atoms with Crippen LogP contribution in [0.5, 0.6) is 0 Å². The highest BCUT2D eigenvalue weighted by molar-refractivity contribution is 8.00. The molecule has 6 amide bonds. The van der Waals surface area contributed by atoms with Crippen LogP contribution in [-0.4, -0.2) is 185 Å². The third-order valence-electron chi connectivity index (χ3n) is 13.7. The fourth-order valence-corrected chi connectivity index (χ4v) is 10.1. The second-order valence-corrected chi connectivity index (χ2v) is 21.1. The van der Waals surface area contributed by atoms with E-state index in [4.69, 9.17) is 49.5 Å². The summed E-state index contributed by atoms with van der Waals surface area (Å²) in [5, 5.41) is 19.3. The van der Waals surface area contributed by atoms with Gasteiger partial charge in [-0.15, -0.1) is 11.8 Å². The van der Waals surface area contributed by atoms with Crippen molar-refractivity contribution in [1.82, 2.24) is 20.9 Å². The number of likely N-dealkylation sites (tertiary alicyclic amines) is 1. The van der Waals surface area contributed by atoms with Crippen molar-refractivity contribution in [3.05, 3.63) is 52.1 Å². The van der Waals surface area contributed by atoms with Gasteiger partial charge >= 0.3 is 12.1 Å². The number of aryl methyl sites for hydroxylation is 1. The minimum Gasteiger partial charge on any atom is -0.457 e. The van der Waals surface area contributed by atoms with Crippen molar-refractivity contribution in [3.8, 4) is 0 Å². The molecule has 0 aromatic heterocycles. The molecular weight excluding hydrogens is 1020 g/mol. The molecule has 4 aliphatic rings. The van der Waals surface area contributed by atoms with E-state index in [1.807, 2.05) is 51.1 Å². The fourth-order valence-electron chi connectivity index (χ4n) is 8.90. The predicted octanol–water partition coefficient (Wildman–Crippen LogP) is 3.56. The highest BCUT2D eigenvalue weighted by Crippen LogP contribution is 2.49. The van der Waals surface area contributed by atoms with Crippen molar-refractivity contribution in [3.63, 3.8) is 0 Å². The Labute approximate surface area is 448 Å². The molecule has 23 heteroatoms. The number of thioether (sulfide) groups is 1. The summed E-state index contributed by atoms with van der Waals surface area (Å²) in [6.07, 6.45) is 1.56. The van der Waals surface area contributed by atoms with E-state index in [1.54, 1.807) is 27.9 Å². The summed E-state index contributed by atoms with van der Waals surface area (Å²) in [6.45, 7) is 13.6. The number of amides is 6. The number of carbonyl (C=O) groups is 7. The van der Waals surface area contributed by atoms with Crippen LogP contribution >= 0.6 is 23.4 Å². The van der Waals surface area contributed by atoms with Crippen molar-refractivity contribution in [2.24, 2.45) is 11.8 Å². The van der Waals surface area contributed by atoms with Crippen LogP contribution in [-0.2, 0) is 73.1 Å². The SMILES string of the molecule is CNC(=O)CCOCCOCCOCCOCCNC(=O)CCN1C(=O)CC(SCCO[C@@H](C)C(=O)O[C@H]2CC(=O)N(C)c3cc(cc(C)c3Cl)C/C(C)=C/C=C/[C@@H](C)[C@@]3(O)C[C@H](OC(=O)N3)[C@@H](C)[C@@H]3O[C@@]23C)C1=O. The Kier molecular flexibility index (Phi) is 23.8. The number of aliphatic hydroxyl groups is 1. The van der Waals surface area contributed by atoms with E-state index < -0.39 is 76.7 Å². The lowest BCUT2D eigenvalue weighted by Crippen LogP contribution is -2.60. The van der Waals surface area contributed by atoms with Gasteiger partial charge in [0.15, 0.2) is 6.10 Å². The molecule has 4 heterocycles. The van der Waals surface area contributed by atoms with Crippen LogP contribution < -0.4 is 20.9 Å². The number of hydrogen-bond acceptors (Lipinski definition) is 17. The second-order valence-electron chi connectivity index (χ2n) is 19.4. The number of anilines is 1. The minimum absolute atomic E-state index is 0.0172. The molecule has 4 N–H and O–H groups in total. The number of nitrogens with zero attached hydrogens (tertiary/aromatic N) is 2. The van der Waals surface area contributed by atoms with Crippen LogP contribution in [0.4, 0.5) is 10.5 Å². The summed E-state index contributed by atoms with van der Waals surface area (Å²) >= 11 is 8.01. The third kappa shape index (κ3) is 18.0. The Balaban J connectivity index is 1.07. The number of nitrogens with one attached hydrogen (secondary N) is 3. The first-order chi connectivity index (χ1) is 35.7. The number of alkyl carbamates (subject to hydrolysis) is 1. The van der Waals surface area contributed by atoms with E-state index in [-0.39, 0.29) is 75.5 Å². The van der Waals surface area contributed by atoms with Crippen molar-refractivity contribution in [2.75, 3.05) is 97.3 Å². The predicted molar refractivity (Wildman–Crippen MR) is 278 cm³/mol. The Bertz CT molecular complexity index is 2240. The maximum atomic E-state index is 14.2. The summed E-state index contributed by atoms with van der Waals surface area (Å²) in [6, 6.07) is 3.81. The van der Waals surface area contributed by atoms with E-state index in [0.717, 1.165) is 21.6 Å². The molecule has 4 bridgehead atoms. The molecule has 1 aromatic carbocycles. The van der Waals surface area contributed by atoms with Crippen LogP contribution in [0, 0.1) is 18.8 Å². The van der Waals surface area contributed by atoms with Crippen molar-refractivity contribution in [1.29, 1.82) is 0 Å². The van der Waals surface area contributed by atoms with Gasteiger partial charge in [-0.05, 0) is 51.3 Å². The maximum absolute atomic E-state index is 14.2. The molecule has 3 fully saturated rings. The smallest absolute Gasteiger partial charge is 0.409 e. The average molecular weight is 1090 g/mol. The molecule has 3 saturated heterocycles. The topological polar surface area (TPSA) is 259 Å². The van der Waals surface area contributed by atoms with E-state index >= 15 is 0 Å². The number of hydrogen-bond donors (Lipinski definition) is 4. The van der Waals surface area contributed by atoms with Crippen LogP contribution in [0.1, 0.15) is 77.8 Å². The standard InChI is InChI=1S/C52H76ClN5O16S/c1-32-10-9-11-34(3)52(66)31-39(72-50(65)56-52)35(4)47-51(6,74-47)41(30-44(61)57(8)38-28-37(26-32)27-33(2)46(38)53)73-49(64)36(5)71-24-25-75-40-29-45(62)58(48(40)63)15-12-43(60)55-14-17-68-19-21-70-23-22-69-20-18-67-16-13-42(59)54-7/h9-11,27-28,34-36,39-41,47,66H,12-26,29-31H2,1-8H3,(H,54,59)(H,55,60)(H,56,65)/b11-9+,32-10+/t34-,35-,36+,39+,40?,41+,47+,51+,52+/m1/s1. The summed E-state index contributed by atoms with van der Waals surface area (Å²) in [5.41, 5.74) is 0.302.